The van der Waals surface area contributed by atoms with Crippen molar-refractivity contribution < 1.29 is 9.59 Å². The molecule has 31 heavy (non-hydrogen) atoms. The molecule has 3 N–H and O–H groups in total. The van der Waals surface area contributed by atoms with Crippen LogP contribution in [0.1, 0.15) is 50.9 Å². The maximum atomic E-state index is 12.9. The smallest absolute Gasteiger partial charge is 0.280 e. The number of rotatable bonds is 6. The molecule has 0 saturated heterocycles. The van der Waals surface area contributed by atoms with E-state index in [1.807, 2.05) is 31.1 Å². The van der Waals surface area contributed by atoms with Crippen LogP contribution in [0.4, 0.5) is 0 Å². The Hall–Kier alpha value is -2.42. The van der Waals surface area contributed by atoms with E-state index in [9.17, 15) is 9.59 Å². The summed E-state index contributed by atoms with van der Waals surface area (Å²) in [5.74, 6) is -0.359. The first-order valence-electron chi connectivity index (χ1n) is 10.4. The van der Waals surface area contributed by atoms with Crippen LogP contribution < -0.4 is 10.6 Å². The fourth-order valence-corrected chi connectivity index (χ4v) is 5.09. The summed E-state index contributed by atoms with van der Waals surface area (Å²) in [7, 11) is 3.97. The summed E-state index contributed by atoms with van der Waals surface area (Å²) in [6.45, 7) is 0.753. The maximum Gasteiger partial charge on any atom is 0.280 e. The van der Waals surface area contributed by atoms with Crippen LogP contribution in [0.15, 0.2) is 30.5 Å². The number of nitrogens with zero attached hydrogens (tertiary/aromatic N) is 2. The van der Waals surface area contributed by atoms with E-state index in [0.717, 1.165) is 48.0 Å². The number of aromatic amines is 1. The predicted octanol–water partition coefficient (Wildman–Crippen LogP) is 3.81. The van der Waals surface area contributed by atoms with Crippen LogP contribution in [0.2, 0.25) is 5.02 Å². The summed E-state index contributed by atoms with van der Waals surface area (Å²) >= 11 is 7.45. The number of amides is 2. The van der Waals surface area contributed by atoms with Crippen LogP contribution in [0.25, 0.3) is 10.9 Å². The highest BCUT2D eigenvalue weighted by atomic mass is 35.5. The van der Waals surface area contributed by atoms with Gasteiger partial charge in [-0.15, -0.1) is 11.3 Å². The van der Waals surface area contributed by atoms with E-state index in [1.54, 1.807) is 18.3 Å². The number of fused-ring (bicyclic) bond motifs is 1. The Morgan fingerprint density at radius 3 is 2.58 bits per heavy atom. The van der Waals surface area contributed by atoms with Crippen molar-refractivity contribution in [1.29, 1.82) is 0 Å². The Labute approximate surface area is 190 Å². The van der Waals surface area contributed by atoms with E-state index >= 15 is 0 Å². The minimum Gasteiger partial charge on any atom is -0.351 e. The quantitative estimate of drug-likeness (QED) is 0.522. The average Bonchev–Trinajstić information content (AvgIpc) is 3.35. The fraction of sp³-hybridized carbons (Fsp3) is 0.409. The lowest BCUT2D eigenvalue weighted by Crippen LogP contribution is -2.53. The van der Waals surface area contributed by atoms with E-state index in [2.05, 4.69) is 20.6 Å². The van der Waals surface area contributed by atoms with Crippen molar-refractivity contribution in [2.75, 3.05) is 14.1 Å². The number of hydrogen-bond acceptors (Lipinski definition) is 5. The van der Waals surface area contributed by atoms with E-state index in [1.165, 1.54) is 11.3 Å². The summed E-state index contributed by atoms with van der Waals surface area (Å²) in [5.41, 5.74) is 1.35. The Balaban J connectivity index is 1.42. The number of thiazole rings is 1. The molecule has 4 rings (SSSR count). The van der Waals surface area contributed by atoms with Crippen LogP contribution in [-0.2, 0) is 6.54 Å². The largest absolute Gasteiger partial charge is 0.351 e. The minimum absolute atomic E-state index is 0.120. The van der Waals surface area contributed by atoms with Gasteiger partial charge >= 0.3 is 0 Å². The summed E-state index contributed by atoms with van der Waals surface area (Å²) in [4.78, 5) is 36.1. The van der Waals surface area contributed by atoms with Crippen molar-refractivity contribution in [3.63, 3.8) is 0 Å². The highest BCUT2D eigenvalue weighted by molar-refractivity contribution is 7.13. The van der Waals surface area contributed by atoms with Gasteiger partial charge in [-0.1, -0.05) is 24.4 Å². The summed E-state index contributed by atoms with van der Waals surface area (Å²) < 4.78 is 0. The number of aromatic nitrogens is 2. The van der Waals surface area contributed by atoms with Crippen molar-refractivity contribution in [3.05, 3.63) is 51.1 Å². The second-order valence-electron chi connectivity index (χ2n) is 8.23. The monoisotopic (exact) mass is 459 g/mol. The molecule has 2 atom stereocenters. The lowest BCUT2D eigenvalue weighted by Gasteiger charge is -2.32. The molecule has 2 aromatic heterocycles. The first-order valence-corrected chi connectivity index (χ1v) is 11.6. The van der Waals surface area contributed by atoms with Gasteiger partial charge in [-0.25, -0.2) is 4.98 Å². The van der Waals surface area contributed by atoms with Crippen LogP contribution in [0.5, 0.6) is 0 Å². The summed E-state index contributed by atoms with van der Waals surface area (Å²) in [5, 5.41) is 8.18. The van der Waals surface area contributed by atoms with Crippen molar-refractivity contribution in [2.24, 2.45) is 0 Å². The average molecular weight is 460 g/mol. The standard InChI is InChI=1S/C22H26ClN5O2S/c1-28(2)12-15-11-24-22(31-15)21(30)27-18-6-4-3-5-17(18)26-20(29)19-10-13-9-14(23)7-8-16(13)25-19/h7-11,17-18,25H,3-6,12H2,1-2H3,(H,26,29)(H,27,30)/t17-,18+/m0/s1. The van der Waals surface area contributed by atoms with Gasteiger partial charge in [-0.3, -0.25) is 9.59 Å². The van der Waals surface area contributed by atoms with Crippen LogP contribution in [0, 0.1) is 0 Å². The highest BCUT2D eigenvalue weighted by Gasteiger charge is 2.29. The number of H-pyrrole nitrogens is 1. The fourth-order valence-electron chi connectivity index (χ4n) is 3.98. The van der Waals surface area contributed by atoms with Gasteiger partial charge < -0.3 is 20.5 Å². The molecule has 2 amide bonds. The van der Waals surface area contributed by atoms with E-state index in [-0.39, 0.29) is 23.9 Å². The van der Waals surface area contributed by atoms with Gasteiger partial charge in [0.1, 0.15) is 5.69 Å². The Kier molecular flexibility index (Phi) is 6.60. The van der Waals surface area contributed by atoms with Crippen molar-refractivity contribution in [2.45, 2.75) is 44.3 Å². The molecule has 2 heterocycles. The van der Waals surface area contributed by atoms with Gasteiger partial charge in [-0.05, 0) is 51.2 Å². The number of carbonyl (C=O) groups excluding carboxylic acids is 2. The Morgan fingerprint density at radius 2 is 1.87 bits per heavy atom. The zero-order chi connectivity index (χ0) is 22.0. The molecule has 9 heteroatoms. The first kappa shape index (κ1) is 21.8. The molecule has 0 unspecified atom stereocenters. The molecule has 0 aliphatic heterocycles. The molecule has 7 nitrogen and oxygen atoms in total. The topological polar surface area (TPSA) is 90.1 Å². The predicted molar refractivity (Wildman–Crippen MR) is 124 cm³/mol. The van der Waals surface area contributed by atoms with E-state index in [0.29, 0.717) is 15.7 Å². The second kappa shape index (κ2) is 9.38. The number of benzene rings is 1. The molecule has 1 fully saturated rings. The summed E-state index contributed by atoms with van der Waals surface area (Å²) in [6, 6.07) is 7.03. The molecular formula is C22H26ClN5O2S. The number of halogens is 1. The van der Waals surface area contributed by atoms with Gasteiger partial charge in [0.2, 0.25) is 0 Å². The van der Waals surface area contributed by atoms with Crippen LogP contribution in [-0.4, -0.2) is 52.9 Å². The first-order chi connectivity index (χ1) is 14.9. The molecule has 164 valence electrons. The third kappa shape index (κ3) is 5.26. The Bertz CT molecular complexity index is 1090. The van der Waals surface area contributed by atoms with Crippen molar-refractivity contribution in [3.8, 4) is 0 Å². The van der Waals surface area contributed by atoms with Gasteiger partial charge in [0.15, 0.2) is 5.01 Å². The van der Waals surface area contributed by atoms with E-state index < -0.39 is 0 Å². The third-order valence-electron chi connectivity index (χ3n) is 5.45. The lowest BCUT2D eigenvalue weighted by atomic mass is 9.90. The van der Waals surface area contributed by atoms with E-state index in [4.69, 9.17) is 11.6 Å². The third-order valence-corrected chi connectivity index (χ3v) is 6.66. The SMILES string of the molecule is CN(C)Cc1cnc(C(=O)N[C@@H]2CCCC[C@@H]2NC(=O)c2cc3cc(Cl)ccc3[nH]2)s1. The maximum absolute atomic E-state index is 12.9. The number of hydrogen-bond donors (Lipinski definition) is 3. The second-order valence-corrected chi connectivity index (χ2v) is 9.78. The minimum atomic E-state index is -0.180. The van der Waals surface area contributed by atoms with Gasteiger partial charge in [0, 0.05) is 45.6 Å². The zero-order valence-electron chi connectivity index (χ0n) is 17.6. The lowest BCUT2D eigenvalue weighted by molar-refractivity contribution is 0.0860. The number of carbonyl (C=O) groups is 2. The molecule has 0 spiro atoms. The van der Waals surface area contributed by atoms with Gasteiger partial charge in [-0.2, -0.15) is 0 Å². The van der Waals surface area contributed by atoms with Crippen molar-refractivity contribution >= 4 is 45.7 Å². The van der Waals surface area contributed by atoms with Gasteiger partial charge in [0.25, 0.3) is 11.8 Å². The zero-order valence-corrected chi connectivity index (χ0v) is 19.1. The molecule has 1 aliphatic carbocycles. The normalized spacial score (nSPS) is 19.0. The van der Waals surface area contributed by atoms with Crippen LogP contribution in [0.3, 0.4) is 0 Å². The molecule has 1 aliphatic rings. The molecule has 0 bridgehead atoms. The van der Waals surface area contributed by atoms with Crippen LogP contribution >= 0.6 is 22.9 Å². The molecular weight excluding hydrogens is 434 g/mol. The highest BCUT2D eigenvalue weighted by Crippen LogP contribution is 2.23. The molecule has 3 aromatic rings. The van der Waals surface area contributed by atoms with Gasteiger partial charge in [0.05, 0.1) is 0 Å². The Morgan fingerprint density at radius 1 is 1.16 bits per heavy atom. The molecule has 1 aromatic carbocycles. The summed E-state index contributed by atoms with van der Waals surface area (Å²) in [6.07, 6.45) is 5.44. The molecule has 1 saturated carbocycles. The number of nitrogens with one attached hydrogen (secondary N) is 3. The van der Waals surface area contributed by atoms with Crippen molar-refractivity contribution in [1.82, 2.24) is 25.5 Å². The molecule has 0 radical (unpaired) electrons.